The standard InChI is InChI=1S/C20H20N2O3S2/c21-12-16-5-4-6-17(11-16)13-26-14-20(23)22(18-7-2-1-3-8-18)19-9-10-27(24,25)15-19/h1-8,11,19H,9-10,13-15H2/t19-/m0/s1. The van der Waals surface area contributed by atoms with Gasteiger partial charge in [0.15, 0.2) is 9.84 Å². The van der Waals surface area contributed by atoms with E-state index in [2.05, 4.69) is 6.07 Å². The summed E-state index contributed by atoms with van der Waals surface area (Å²) in [4.78, 5) is 14.6. The van der Waals surface area contributed by atoms with Crippen LogP contribution < -0.4 is 4.90 Å². The van der Waals surface area contributed by atoms with Gasteiger partial charge in [0.2, 0.25) is 5.91 Å². The van der Waals surface area contributed by atoms with E-state index >= 15 is 0 Å². The summed E-state index contributed by atoms with van der Waals surface area (Å²) >= 11 is 1.47. The van der Waals surface area contributed by atoms with Crippen molar-refractivity contribution in [3.8, 4) is 6.07 Å². The van der Waals surface area contributed by atoms with Gasteiger partial charge in [-0.25, -0.2) is 8.42 Å². The van der Waals surface area contributed by atoms with Crippen molar-refractivity contribution in [1.82, 2.24) is 0 Å². The highest BCUT2D eigenvalue weighted by Crippen LogP contribution is 2.26. The third-order valence-corrected chi connectivity index (χ3v) is 7.17. The van der Waals surface area contributed by atoms with Gasteiger partial charge < -0.3 is 4.90 Å². The summed E-state index contributed by atoms with van der Waals surface area (Å²) in [6, 6.07) is 18.4. The van der Waals surface area contributed by atoms with Gasteiger partial charge in [-0.1, -0.05) is 30.3 Å². The Balaban J connectivity index is 1.69. The molecule has 1 atom stereocenters. The number of amides is 1. The average molecular weight is 401 g/mol. The smallest absolute Gasteiger partial charge is 0.237 e. The molecule has 0 radical (unpaired) electrons. The van der Waals surface area contributed by atoms with Crippen LogP contribution in [0, 0.1) is 11.3 Å². The van der Waals surface area contributed by atoms with Crippen LogP contribution in [0.15, 0.2) is 54.6 Å². The molecule has 0 aliphatic carbocycles. The summed E-state index contributed by atoms with van der Waals surface area (Å²) in [6.07, 6.45) is 0.470. The molecule has 1 fully saturated rings. The fourth-order valence-corrected chi connectivity index (χ4v) is 5.71. The quantitative estimate of drug-likeness (QED) is 0.745. The lowest BCUT2D eigenvalue weighted by molar-refractivity contribution is -0.116. The first-order valence-electron chi connectivity index (χ1n) is 8.63. The SMILES string of the molecule is N#Cc1cccc(CSCC(=O)N(c2ccccc2)[C@H]2CCS(=O)(=O)C2)c1. The molecule has 0 N–H and O–H groups in total. The number of sulfone groups is 1. The minimum absolute atomic E-state index is 0.0164. The lowest BCUT2D eigenvalue weighted by Crippen LogP contribution is -2.42. The lowest BCUT2D eigenvalue weighted by atomic mass is 10.2. The van der Waals surface area contributed by atoms with Crippen molar-refractivity contribution in [2.75, 3.05) is 22.2 Å². The second kappa shape index (κ2) is 8.59. The molecule has 0 spiro atoms. The Morgan fingerprint density at radius 1 is 1.19 bits per heavy atom. The molecule has 7 heteroatoms. The molecule has 0 unspecified atom stereocenters. The Bertz CT molecular complexity index is 953. The number of hydrogen-bond acceptors (Lipinski definition) is 5. The monoisotopic (exact) mass is 400 g/mol. The number of para-hydroxylation sites is 1. The Labute approximate surface area is 163 Å². The number of hydrogen-bond donors (Lipinski definition) is 0. The zero-order chi connectivity index (χ0) is 19.3. The van der Waals surface area contributed by atoms with Gasteiger partial charge in [0.1, 0.15) is 0 Å². The van der Waals surface area contributed by atoms with Gasteiger partial charge in [-0.3, -0.25) is 4.79 Å². The van der Waals surface area contributed by atoms with Crippen molar-refractivity contribution < 1.29 is 13.2 Å². The van der Waals surface area contributed by atoms with Crippen molar-refractivity contribution in [2.24, 2.45) is 0 Å². The van der Waals surface area contributed by atoms with Crippen molar-refractivity contribution in [3.05, 3.63) is 65.7 Å². The van der Waals surface area contributed by atoms with Crippen molar-refractivity contribution in [2.45, 2.75) is 18.2 Å². The Kier molecular flexibility index (Phi) is 6.19. The zero-order valence-electron chi connectivity index (χ0n) is 14.7. The molecule has 1 aliphatic rings. The van der Waals surface area contributed by atoms with Gasteiger partial charge >= 0.3 is 0 Å². The molecule has 3 rings (SSSR count). The van der Waals surface area contributed by atoms with Crippen LogP contribution in [0.4, 0.5) is 5.69 Å². The molecule has 0 bridgehead atoms. The van der Waals surface area contributed by atoms with Gasteiger partial charge in [0, 0.05) is 11.4 Å². The second-order valence-corrected chi connectivity index (χ2v) is 9.68. The third kappa shape index (κ3) is 5.12. The van der Waals surface area contributed by atoms with E-state index in [1.165, 1.54) is 11.8 Å². The van der Waals surface area contributed by atoms with Crippen LogP contribution >= 0.6 is 11.8 Å². The molecule has 0 saturated carbocycles. The van der Waals surface area contributed by atoms with Crippen LogP contribution in [0.1, 0.15) is 17.5 Å². The van der Waals surface area contributed by atoms with Crippen molar-refractivity contribution in [1.29, 1.82) is 5.26 Å². The number of thioether (sulfide) groups is 1. The fraction of sp³-hybridized carbons (Fsp3) is 0.300. The van der Waals surface area contributed by atoms with Gasteiger partial charge in [0.25, 0.3) is 0 Å². The lowest BCUT2D eigenvalue weighted by Gasteiger charge is -2.28. The van der Waals surface area contributed by atoms with Crippen LogP contribution in [-0.4, -0.2) is 37.6 Å². The molecule has 0 aromatic heterocycles. The maximum absolute atomic E-state index is 12.9. The summed E-state index contributed by atoms with van der Waals surface area (Å²) in [5, 5.41) is 8.97. The minimum atomic E-state index is -3.08. The molecule has 140 valence electrons. The summed E-state index contributed by atoms with van der Waals surface area (Å²) in [6.45, 7) is 0. The normalized spacial score (nSPS) is 18.0. The number of carbonyl (C=O) groups is 1. The number of benzene rings is 2. The first kappa shape index (κ1) is 19.5. The summed E-state index contributed by atoms with van der Waals surface area (Å²) < 4.78 is 23.8. The molecule has 1 amide bonds. The molecular formula is C20H20N2O3S2. The summed E-state index contributed by atoms with van der Waals surface area (Å²) in [5.41, 5.74) is 2.32. The van der Waals surface area contributed by atoms with E-state index in [0.717, 1.165) is 11.3 Å². The molecule has 1 heterocycles. The van der Waals surface area contributed by atoms with Gasteiger partial charge in [0.05, 0.1) is 34.9 Å². The maximum Gasteiger partial charge on any atom is 0.237 e. The highest BCUT2D eigenvalue weighted by Gasteiger charge is 2.35. The summed E-state index contributed by atoms with van der Waals surface area (Å²) in [7, 11) is -3.08. The molecule has 2 aromatic rings. The van der Waals surface area contributed by atoms with E-state index in [0.29, 0.717) is 17.7 Å². The predicted octanol–water partition coefficient (Wildman–Crippen LogP) is 3.01. The number of anilines is 1. The maximum atomic E-state index is 12.9. The van der Waals surface area contributed by atoms with Gasteiger partial charge in [-0.15, -0.1) is 11.8 Å². The molecule has 2 aromatic carbocycles. The Morgan fingerprint density at radius 2 is 1.96 bits per heavy atom. The highest BCUT2D eigenvalue weighted by molar-refractivity contribution is 7.99. The second-order valence-electron chi connectivity index (χ2n) is 6.46. The molecule has 27 heavy (non-hydrogen) atoms. The molecule has 1 saturated heterocycles. The minimum Gasteiger partial charge on any atom is -0.308 e. The Hall–Kier alpha value is -2.30. The van der Waals surface area contributed by atoms with Crippen LogP contribution in [-0.2, 0) is 20.4 Å². The van der Waals surface area contributed by atoms with Crippen LogP contribution in [0.2, 0.25) is 0 Å². The van der Waals surface area contributed by atoms with E-state index in [9.17, 15) is 13.2 Å². The van der Waals surface area contributed by atoms with Gasteiger partial charge in [-0.2, -0.15) is 5.26 Å². The van der Waals surface area contributed by atoms with E-state index in [4.69, 9.17) is 5.26 Å². The third-order valence-electron chi connectivity index (χ3n) is 4.43. The topological polar surface area (TPSA) is 78.2 Å². The average Bonchev–Trinajstić information content (AvgIpc) is 3.02. The first-order valence-corrected chi connectivity index (χ1v) is 11.6. The largest absolute Gasteiger partial charge is 0.308 e. The van der Waals surface area contributed by atoms with E-state index in [1.54, 1.807) is 11.0 Å². The Morgan fingerprint density at radius 3 is 2.63 bits per heavy atom. The number of nitriles is 1. The predicted molar refractivity (Wildman–Crippen MR) is 108 cm³/mol. The fourth-order valence-electron chi connectivity index (χ4n) is 3.18. The van der Waals surface area contributed by atoms with Crippen LogP contribution in [0.25, 0.3) is 0 Å². The molecular weight excluding hydrogens is 380 g/mol. The van der Waals surface area contributed by atoms with Crippen LogP contribution in [0.3, 0.4) is 0 Å². The van der Waals surface area contributed by atoms with Gasteiger partial charge in [-0.05, 0) is 36.2 Å². The number of nitrogens with zero attached hydrogens (tertiary/aromatic N) is 2. The van der Waals surface area contributed by atoms with E-state index < -0.39 is 9.84 Å². The van der Waals surface area contributed by atoms with E-state index in [1.807, 2.05) is 48.5 Å². The van der Waals surface area contributed by atoms with Crippen LogP contribution in [0.5, 0.6) is 0 Å². The highest BCUT2D eigenvalue weighted by atomic mass is 32.2. The zero-order valence-corrected chi connectivity index (χ0v) is 16.4. The number of rotatable bonds is 6. The molecule has 5 nitrogen and oxygen atoms in total. The van der Waals surface area contributed by atoms with E-state index in [-0.39, 0.29) is 29.2 Å². The first-order chi connectivity index (χ1) is 13.0. The summed E-state index contributed by atoms with van der Waals surface area (Å²) in [5.74, 6) is 0.921. The van der Waals surface area contributed by atoms with Crippen molar-refractivity contribution in [3.63, 3.8) is 0 Å². The molecule has 1 aliphatic heterocycles. The van der Waals surface area contributed by atoms with Crippen molar-refractivity contribution >= 4 is 33.2 Å². The number of carbonyl (C=O) groups excluding carboxylic acids is 1.